The van der Waals surface area contributed by atoms with Crippen molar-refractivity contribution in [3.63, 3.8) is 0 Å². The van der Waals surface area contributed by atoms with Crippen molar-refractivity contribution in [3.8, 4) is 5.75 Å². The number of rotatable bonds is 4. The van der Waals surface area contributed by atoms with Crippen LogP contribution in [-0.2, 0) is 9.84 Å². The number of hydrogen-bond acceptors (Lipinski definition) is 4. The van der Waals surface area contributed by atoms with Gasteiger partial charge in [0.1, 0.15) is 5.69 Å². The van der Waals surface area contributed by atoms with Crippen LogP contribution in [-0.4, -0.2) is 33.9 Å². The summed E-state index contributed by atoms with van der Waals surface area (Å²) in [4.78, 5) is 0.415. The highest BCUT2D eigenvalue weighted by molar-refractivity contribution is 7.90. The molecule has 0 N–H and O–H groups in total. The highest BCUT2D eigenvalue weighted by atomic mass is 32.2. The van der Waals surface area contributed by atoms with Gasteiger partial charge in [0.2, 0.25) is 0 Å². The van der Waals surface area contributed by atoms with Crippen molar-refractivity contribution in [1.82, 2.24) is 0 Å². The number of benzene rings is 1. The van der Waals surface area contributed by atoms with E-state index in [-0.39, 0.29) is 0 Å². The zero-order chi connectivity index (χ0) is 20.3. The Bertz CT molecular complexity index is 849. The second-order valence-corrected chi connectivity index (χ2v) is 9.44. The zero-order valence-electron chi connectivity index (χ0n) is 16.0. The fraction of sp³-hybridized carbons (Fsp3) is 0.600. The number of piperidine rings is 1. The maximum atomic E-state index is 15.4. The van der Waals surface area contributed by atoms with Gasteiger partial charge in [-0.2, -0.15) is 0 Å². The van der Waals surface area contributed by atoms with E-state index < -0.39 is 49.7 Å². The van der Waals surface area contributed by atoms with E-state index in [1.54, 1.807) is 0 Å². The van der Waals surface area contributed by atoms with Crippen LogP contribution in [0, 0.1) is 17.5 Å². The molecule has 0 radical (unpaired) electrons. The number of allylic oxidation sites excluding steroid dienone is 2. The quantitative estimate of drug-likeness (QED) is 0.523. The van der Waals surface area contributed by atoms with Gasteiger partial charge in [0.15, 0.2) is 37.9 Å². The summed E-state index contributed by atoms with van der Waals surface area (Å²) in [6.07, 6.45) is 10.2. The molecule has 1 heterocycles. The highest BCUT2D eigenvalue weighted by Crippen LogP contribution is 2.41. The lowest BCUT2D eigenvalue weighted by molar-refractivity contribution is 0.163. The number of halogens is 3. The first-order valence-corrected chi connectivity index (χ1v) is 11.7. The van der Waals surface area contributed by atoms with Gasteiger partial charge in [0.05, 0.1) is 6.10 Å². The van der Waals surface area contributed by atoms with Crippen molar-refractivity contribution < 1.29 is 26.3 Å². The molecule has 8 heteroatoms. The van der Waals surface area contributed by atoms with Gasteiger partial charge in [-0.3, -0.25) is 0 Å². The second kappa shape index (κ2) is 8.76. The van der Waals surface area contributed by atoms with Crippen LogP contribution in [0.3, 0.4) is 0 Å². The summed E-state index contributed by atoms with van der Waals surface area (Å²) >= 11 is 0. The van der Waals surface area contributed by atoms with Crippen LogP contribution in [0.2, 0.25) is 0 Å². The van der Waals surface area contributed by atoms with Crippen molar-refractivity contribution >= 4 is 15.5 Å². The van der Waals surface area contributed by atoms with Gasteiger partial charge in [-0.1, -0.05) is 12.2 Å². The van der Waals surface area contributed by atoms with Gasteiger partial charge in [-0.25, -0.2) is 21.6 Å². The van der Waals surface area contributed by atoms with Crippen molar-refractivity contribution in [1.29, 1.82) is 0 Å². The molecular weight excluding hydrogens is 391 g/mol. The first-order valence-electron chi connectivity index (χ1n) is 9.77. The van der Waals surface area contributed by atoms with Gasteiger partial charge in [0, 0.05) is 19.3 Å². The van der Waals surface area contributed by atoms with E-state index in [2.05, 4.69) is 6.08 Å². The Hall–Kier alpha value is -1.70. The topological polar surface area (TPSA) is 46.6 Å². The summed E-state index contributed by atoms with van der Waals surface area (Å²) in [5.41, 5.74) is -0.523. The Morgan fingerprint density at radius 3 is 2.29 bits per heavy atom. The fourth-order valence-electron chi connectivity index (χ4n) is 3.85. The maximum absolute atomic E-state index is 15.4. The molecule has 1 unspecified atom stereocenters. The van der Waals surface area contributed by atoms with E-state index in [1.807, 2.05) is 6.08 Å². The minimum absolute atomic E-state index is 0.388. The van der Waals surface area contributed by atoms with Crippen molar-refractivity contribution in [2.24, 2.45) is 0 Å². The number of ether oxygens (including phenoxy) is 1. The lowest BCUT2D eigenvalue weighted by Crippen LogP contribution is -2.32. The molecule has 1 aliphatic heterocycles. The highest BCUT2D eigenvalue weighted by Gasteiger charge is 2.35. The van der Waals surface area contributed by atoms with Crippen LogP contribution < -0.4 is 9.64 Å². The Labute approximate surface area is 164 Å². The van der Waals surface area contributed by atoms with Crippen LogP contribution in [0.1, 0.15) is 51.4 Å². The molecule has 0 saturated carbocycles. The number of sulfone groups is 1. The van der Waals surface area contributed by atoms with Crippen molar-refractivity contribution in [3.05, 3.63) is 29.6 Å². The molecule has 0 bridgehead atoms. The van der Waals surface area contributed by atoms with Crippen molar-refractivity contribution in [2.45, 2.75) is 62.4 Å². The molecule has 1 saturated heterocycles. The molecule has 0 amide bonds. The number of nitrogens with zero attached hydrogens (tertiary/aromatic N) is 1. The standard InChI is InChI=1S/C20H26F3NO3S/c1-28(25,26)20-16(22)15(21)18(24-12-8-5-9-13-24)17(23)19(20)27-14-10-6-3-2-4-7-11-14/h2-3,14H,4-13H2,1H3/b3-2-. The summed E-state index contributed by atoms with van der Waals surface area (Å²) in [6.45, 7) is 0.776. The first-order chi connectivity index (χ1) is 13.3. The van der Waals surface area contributed by atoms with Crippen LogP contribution in [0.4, 0.5) is 18.9 Å². The van der Waals surface area contributed by atoms with Gasteiger partial charge < -0.3 is 9.64 Å². The number of hydrogen-bond donors (Lipinski definition) is 0. The molecule has 2 aliphatic rings. The zero-order valence-corrected chi connectivity index (χ0v) is 16.8. The Balaban J connectivity index is 2.09. The van der Waals surface area contributed by atoms with Crippen LogP contribution in [0.5, 0.6) is 5.75 Å². The third kappa shape index (κ3) is 4.47. The van der Waals surface area contributed by atoms with E-state index in [4.69, 9.17) is 4.74 Å². The molecule has 1 aliphatic carbocycles. The maximum Gasteiger partial charge on any atom is 0.192 e. The van der Waals surface area contributed by atoms with E-state index in [0.717, 1.165) is 38.4 Å². The van der Waals surface area contributed by atoms with Gasteiger partial charge >= 0.3 is 0 Å². The SMILES string of the molecule is CS(=O)(=O)c1c(F)c(F)c(N2CCCCC2)c(F)c1OC1CC/C=C\CCC1. The van der Waals surface area contributed by atoms with E-state index >= 15 is 4.39 Å². The van der Waals surface area contributed by atoms with Gasteiger partial charge in [0.25, 0.3) is 0 Å². The summed E-state index contributed by atoms with van der Waals surface area (Å²) in [5, 5.41) is 0. The smallest absolute Gasteiger partial charge is 0.192 e. The van der Waals surface area contributed by atoms with Gasteiger partial charge in [-0.05, 0) is 51.4 Å². The molecule has 1 aromatic carbocycles. The largest absolute Gasteiger partial charge is 0.486 e. The van der Waals surface area contributed by atoms with Crippen molar-refractivity contribution in [2.75, 3.05) is 24.2 Å². The average molecular weight is 417 g/mol. The lowest BCUT2D eigenvalue weighted by atomic mass is 10.0. The third-order valence-electron chi connectivity index (χ3n) is 5.26. The number of anilines is 1. The van der Waals surface area contributed by atoms with E-state index in [1.165, 1.54) is 4.90 Å². The molecule has 1 atom stereocenters. The Morgan fingerprint density at radius 2 is 1.61 bits per heavy atom. The monoisotopic (exact) mass is 417 g/mol. The molecular formula is C20H26F3NO3S. The Morgan fingerprint density at radius 1 is 0.929 bits per heavy atom. The lowest BCUT2D eigenvalue weighted by Gasteiger charge is -2.31. The van der Waals surface area contributed by atoms with E-state index in [9.17, 15) is 17.2 Å². The molecule has 1 aromatic rings. The first kappa shape index (κ1) is 21.0. The molecule has 0 spiro atoms. The third-order valence-corrected chi connectivity index (χ3v) is 6.37. The molecule has 0 aromatic heterocycles. The van der Waals surface area contributed by atoms with Gasteiger partial charge in [-0.15, -0.1) is 0 Å². The van der Waals surface area contributed by atoms with E-state index in [0.29, 0.717) is 32.4 Å². The molecule has 1 fully saturated rings. The summed E-state index contributed by atoms with van der Waals surface area (Å²) < 4.78 is 74.9. The van der Waals surface area contributed by atoms with Crippen LogP contribution >= 0.6 is 0 Å². The predicted octanol–water partition coefficient (Wildman–Crippen LogP) is 4.77. The second-order valence-electron chi connectivity index (χ2n) is 7.49. The molecule has 4 nitrogen and oxygen atoms in total. The minimum Gasteiger partial charge on any atom is -0.486 e. The van der Waals surface area contributed by atoms with Crippen LogP contribution in [0.15, 0.2) is 17.0 Å². The predicted molar refractivity (Wildman–Crippen MR) is 102 cm³/mol. The van der Waals surface area contributed by atoms with Crippen LogP contribution in [0.25, 0.3) is 0 Å². The summed E-state index contributed by atoms with van der Waals surface area (Å²) in [7, 11) is -4.24. The molecule has 156 valence electrons. The summed E-state index contributed by atoms with van der Waals surface area (Å²) in [6, 6.07) is 0. The minimum atomic E-state index is -4.24. The fourth-order valence-corrected chi connectivity index (χ4v) is 4.74. The normalized spacial score (nSPS) is 22.4. The summed E-state index contributed by atoms with van der Waals surface area (Å²) in [5.74, 6) is -4.84. The average Bonchev–Trinajstić information content (AvgIpc) is 2.61. The Kier molecular flexibility index (Phi) is 6.58. The molecule has 3 rings (SSSR count). The molecule has 28 heavy (non-hydrogen) atoms.